The quantitative estimate of drug-likeness (QED) is 0.668. The molecule has 0 bridgehead atoms. The summed E-state index contributed by atoms with van der Waals surface area (Å²) in [4.78, 5) is 9.27. The Balaban J connectivity index is 1.17. The zero-order valence-corrected chi connectivity index (χ0v) is 18.9. The lowest BCUT2D eigenvalue weighted by Gasteiger charge is -2.40. The van der Waals surface area contributed by atoms with Gasteiger partial charge in [-0.1, -0.05) is 35.9 Å². The number of imidazole rings is 1. The fourth-order valence-corrected chi connectivity index (χ4v) is 4.91. The molecule has 2 unspecified atom stereocenters. The summed E-state index contributed by atoms with van der Waals surface area (Å²) >= 11 is 0. The number of β-amino-alcohol motifs (C(OH)–C–C–N with tert-alkyl or cyclic N) is 1. The van der Waals surface area contributed by atoms with Crippen LogP contribution < -0.4 is 0 Å². The van der Waals surface area contributed by atoms with E-state index in [1.165, 1.54) is 5.57 Å². The van der Waals surface area contributed by atoms with Crippen LogP contribution in [-0.4, -0.2) is 69.3 Å². The smallest absolute Gasteiger partial charge is 0.156 e. The first-order chi connectivity index (χ1) is 16.3. The largest absolute Gasteiger partial charge is 0.466 e. The Bertz CT molecular complexity index is 1060. The molecule has 1 aliphatic carbocycles. The van der Waals surface area contributed by atoms with Crippen molar-refractivity contribution in [3.05, 3.63) is 78.9 Å². The minimum absolute atomic E-state index is 0.164. The summed E-state index contributed by atoms with van der Waals surface area (Å²) in [5.74, 6) is 0.869. The Morgan fingerprint density at radius 3 is 2.73 bits per heavy atom. The summed E-state index contributed by atoms with van der Waals surface area (Å²) in [5, 5.41) is 10.8. The first-order valence-corrected chi connectivity index (χ1v) is 11.8. The molecule has 2 aliphatic heterocycles. The van der Waals surface area contributed by atoms with E-state index in [1.54, 1.807) is 18.8 Å². The van der Waals surface area contributed by atoms with Crippen molar-refractivity contribution < 1.29 is 14.6 Å². The SMILES string of the molecule is OC(CN1CCN(C(CC2=CC=CCC2)C2=COC=CO2)CC1)Cn1cnc2ccccc21. The maximum absolute atomic E-state index is 10.8. The van der Waals surface area contributed by atoms with Gasteiger partial charge in [-0.3, -0.25) is 9.80 Å². The van der Waals surface area contributed by atoms with Crippen LogP contribution in [-0.2, 0) is 16.0 Å². The van der Waals surface area contributed by atoms with Crippen LogP contribution in [0.5, 0.6) is 0 Å². The Hall–Kier alpha value is -2.87. The number of fused-ring (bicyclic) bond motifs is 1. The highest BCUT2D eigenvalue weighted by molar-refractivity contribution is 5.74. The second kappa shape index (κ2) is 10.4. The highest BCUT2D eigenvalue weighted by Crippen LogP contribution is 2.27. The highest BCUT2D eigenvalue weighted by Gasteiger charge is 2.30. The molecule has 1 fully saturated rings. The molecular weight excluding hydrogens is 416 g/mol. The number of ether oxygens (including phenoxy) is 2. The molecule has 0 radical (unpaired) electrons. The lowest BCUT2D eigenvalue weighted by Crippen LogP contribution is -2.52. The lowest BCUT2D eigenvalue weighted by atomic mass is 9.96. The van der Waals surface area contributed by atoms with Crippen LogP contribution in [0.2, 0.25) is 0 Å². The van der Waals surface area contributed by atoms with Crippen LogP contribution in [0.25, 0.3) is 11.0 Å². The van der Waals surface area contributed by atoms with Crippen LogP contribution >= 0.6 is 0 Å². The Kier molecular flexibility index (Phi) is 6.90. The van der Waals surface area contributed by atoms with Gasteiger partial charge in [0, 0.05) is 32.7 Å². The molecule has 0 saturated carbocycles. The number of piperazine rings is 1. The van der Waals surface area contributed by atoms with Crippen molar-refractivity contribution in [3.8, 4) is 0 Å². The normalized spacial score (nSPS) is 21.2. The van der Waals surface area contributed by atoms with E-state index in [0.29, 0.717) is 13.1 Å². The Morgan fingerprint density at radius 1 is 1.06 bits per heavy atom. The molecule has 33 heavy (non-hydrogen) atoms. The summed E-state index contributed by atoms with van der Waals surface area (Å²) in [6, 6.07) is 8.21. The molecule has 1 N–H and O–H groups in total. The molecule has 0 spiro atoms. The van der Waals surface area contributed by atoms with E-state index in [0.717, 1.165) is 62.2 Å². The number of aliphatic hydroxyl groups excluding tert-OH is 1. The van der Waals surface area contributed by atoms with Crippen LogP contribution in [0.1, 0.15) is 19.3 Å². The van der Waals surface area contributed by atoms with E-state index in [-0.39, 0.29) is 6.04 Å². The van der Waals surface area contributed by atoms with Gasteiger partial charge in [-0.2, -0.15) is 0 Å². The van der Waals surface area contributed by atoms with Gasteiger partial charge in [0.25, 0.3) is 0 Å². The second-order valence-corrected chi connectivity index (χ2v) is 8.93. The van der Waals surface area contributed by atoms with E-state index in [9.17, 15) is 5.11 Å². The van der Waals surface area contributed by atoms with Crippen molar-refractivity contribution in [1.29, 1.82) is 0 Å². The third kappa shape index (κ3) is 5.38. The standard InChI is InChI=1S/C26H32N4O3/c31-22(18-30-20-27-23-8-4-5-9-24(23)30)17-28-10-12-29(13-11-28)25(26-19-32-14-15-33-26)16-21-6-2-1-3-7-21/h1-2,4-6,8-9,14-15,19-20,22,25,31H,3,7,10-13,16-18H2. The molecule has 174 valence electrons. The molecule has 2 atom stereocenters. The zero-order valence-electron chi connectivity index (χ0n) is 18.9. The topological polar surface area (TPSA) is 63.0 Å². The molecular formula is C26H32N4O3. The second-order valence-electron chi connectivity index (χ2n) is 8.93. The summed E-state index contributed by atoms with van der Waals surface area (Å²) in [6.45, 7) is 4.90. The van der Waals surface area contributed by atoms with Crippen molar-refractivity contribution in [3.63, 3.8) is 0 Å². The minimum atomic E-state index is -0.438. The number of benzene rings is 1. The molecule has 7 heteroatoms. The summed E-state index contributed by atoms with van der Waals surface area (Å²) in [6.07, 6.45) is 16.1. The monoisotopic (exact) mass is 448 g/mol. The maximum Gasteiger partial charge on any atom is 0.156 e. The molecule has 1 aromatic heterocycles. The number of aromatic nitrogens is 2. The van der Waals surface area contributed by atoms with Gasteiger partial charge >= 0.3 is 0 Å². The van der Waals surface area contributed by atoms with Gasteiger partial charge in [-0.05, 0) is 31.4 Å². The summed E-state index contributed by atoms with van der Waals surface area (Å²) < 4.78 is 13.3. The number of hydrogen-bond acceptors (Lipinski definition) is 6. The lowest BCUT2D eigenvalue weighted by molar-refractivity contribution is 0.0457. The average molecular weight is 449 g/mol. The van der Waals surface area contributed by atoms with Gasteiger partial charge in [0.05, 0.1) is 36.1 Å². The Morgan fingerprint density at radius 2 is 1.94 bits per heavy atom. The zero-order chi connectivity index (χ0) is 22.5. The van der Waals surface area contributed by atoms with Crippen LogP contribution in [0, 0.1) is 0 Å². The van der Waals surface area contributed by atoms with Crippen LogP contribution in [0.15, 0.2) is 78.9 Å². The third-order valence-corrected chi connectivity index (χ3v) is 6.66. The Labute approximate surface area is 194 Å². The number of aliphatic hydroxyl groups is 1. The van der Waals surface area contributed by atoms with Crippen LogP contribution in [0.3, 0.4) is 0 Å². The van der Waals surface area contributed by atoms with Crippen molar-refractivity contribution in [2.75, 3.05) is 32.7 Å². The van der Waals surface area contributed by atoms with Gasteiger partial charge in [0.1, 0.15) is 18.8 Å². The van der Waals surface area contributed by atoms with Gasteiger partial charge in [0.15, 0.2) is 5.76 Å². The average Bonchev–Trinajstić information content (AvgIpc) is 3.27. The third-order valence-electron chi connectivity index (χ3n) is 6.66. The molecule has 2 aromatic rings. The van der Waals surface area contributed by atoms with E-state index in [4.69, 9.17) is 9.47 Å². The van der Waals surface area contributed by atoms with Gasteiger partial charge in [0.2, 0.25) is 0 Å². The van der Waals surface area contributed by atoms with E-state index in [2.05, 4.69) is 33.0 Å². The number of allylic oxidation sites excluding steroid dienone is 3. The fourth-order valence-electron chi connectivity index (χ4n) is 4.91. The van der Waals surface area contributed by atoms with Crippen molar-refractivity contribution in [2.45, 2.75) is 38.0 Å². The highest BCUT2D eigenvalue weighted by atomic mass is 16.5. The first-order valence-electron chi connectivity index (χ1n) is 11.8. The number of nitrogens with zero attached hydrogens (tertiary/aromatic N) is 4. The molecule has 5 rings (SSSR count). The van der Waals surface area contributed by atoms with E-state index >= 15 is 0 Å². The first kappa shape index (κ1) is 21.9. The van der Waals surface area contributed by atoms with E-state index < -0.39 is 6.10 Å². The van der Waals surface area contributed by atoms with Crippen molar-refractivity contribution >= 4 is 11.0 Å². The number of rotatable bonds is 8. The predicted octanol–water partition coefficient (Wildman–Crippen LogP) is 3.41. The molecule has 1 aromatic carbocycles. The molecule has 3 aliphatic rings. The maximum atomic E-state index is 10.8. The van der Waals surface area contributed by atoms with E-state index in [1.807, 2.05) is 35.2 Å². The molecule has 7 nitrogen and oxygen atoms in total. The van der Waals surface area contributed by atoms with Crippen molar-refractivity contribution in [1.82, 2.24) is 19.4 Å². The number of hydrogen-bond donors (Lipinski definition) is 1. The summed E-state index contributed by atoms with van der Waals surface area (Å²) in [5.41, 5.74) is 3.48. The minimum Gasteiger partial charge on any atom is -0.466 e. The summed E-state index contributed by atoms with van der Waals surface area (Å²) in [7, 11) is 0. The van der Waals surface area contributed by atoms with Crippen LogP contribution in [0.4, 0.5) is 0 Å². The van der Waals surface area contributed by atoms with Gasteiger partial charge < -0.3 is 19.1 Å². The van der Waals surface area contributed by atoms with Crippen molar-refractivity contribution in [2.24, 2.45) is 0 Å². The molecule has 1 saturated heterocycles. The van der Waals surface area contributed by atoms with Gasteiger partial charge in [-0.15, -0.1) is 0 Å². The van der Waals surface area contributed by atoms with Gasteiger partial charge in [-0.25, -0.2) is 4.98 Å². The fraction of sp³-hybridized carbons (Fsp3) is 0.423. The molecule has 3 heterocycles. The molecule has 0 amide bonds. The predicted molar refractivity (Wildman–Crippen MR) is 128 cm³/mol. The number of para-hydroxylation sites is 2.